The van der Waals surface area contributed by atoms with Crippen molar-refractivity contribution in [3.63, 3.8) is 0 Å². The molecule has 116 valence electrons. The number of hydrogen-bond acceptors (Lipinski definition) is 3. The Kier molecular flexibility index (Phi) is 6.51. The fourth-order valence-electron chi connectivity index (χ4n) is 2.00. The van der Waals surface area contributed by atoms with Crippen molar-refractivity contribution in [2.45, 2.75) is 12.5 Å². The van der Waals surface area contributed by atoms with Crippen LogP contribution in [0.5, 0.6) is 5.75 Å². The Balaban J connectivity index is 2.06. The first-order valence-electron chi connectivity index (χ1n) is 7.00. The molecule has 0 saturated heterocycles. The van der Waals surface area contributed by atoms with Crippen LogP contribution in [0.1, 0.15) is 18.1 Å². The number of alkyl carbamates (subject to hydrolysis) is 1. The zero-order chi connectivity index (χ0) is 15.8. The van der Waals surface area contributed by atoms with Crippen molar-refractivity contribution in [1.29, 1.82) is 0 Å². The molecule has 2 aromatic carbocycles. The number of amides is 1. The van der Waals surface area contributed by atoms with Crippen LogP contribution >= 0.6 is 22.6 Å². The van der Waals surface area contributed by atoms with Crippen molar-refractivity contribution in [2.75, 3.05) is 13.7 Å². The van der Waals surface area contributed by atoms with Crippen molar-refractivity contribution in [3.05, 3.63) is 63.7 Å². The van der Waals surface area contributed by atoms with Crippen LogP contribution in [0.25, 0.3) is 0 Å². The first-order chi connectivity index (χ1) is 10.7. The third kappa shape index (κ3) is 5.22. The monoisotopic (exact) mass is 411 g/mol. The molecule has 2 rings (SSSR count). The van der Waals surface area contributed by atoms with E-state index in [0.29, 0.717) is 13.0 Å². The number of carbonyl (C=O) groups excluding carboxylic acids is 1. The van der Waals surface area contributed by atoms with Crippen molar-refractivity contribution >= 4 is 28.7 Å². The van der Waals surface area contributed by atoms with Crippen LogP contribution in [0.4, 0.5) is 4.79 Å². The Labute approximate surface area is 144 Å². The highest BCUT2D eigenvalue weighted by Gasteiger charge is 2.14. The van der Waals surface area contributed by atoms with Crippen molar-refractivity contribution < 1.29 is 14.3 Å². The summed E-state index contributed by atoms with van der Waals surface area (Å²) in [5.74, 6) is 0.806. The molecule has 0 bridgehead atoms. The third-order valence-corrected chi connectivity index (χ3v) is 3.73. The van der Waals surface area contributed by atoms with Gasteiger partial charge in [0.25, 0.3) is 0 Å². The maximum Gasteiger partial charge on any atom is 0.406 e. The van der Waals surface area contributed by atoms with Crippen molar-refractivity contribution in [3.8, 4) is 5.75 Å². The first kappa shape index (κ1) is 16.6. The van der Waals surface area contributed by atoms with Gasteiger partial charge in [-0.05, 0) is 46.4 Å². The van der Waals surface area contributed by atoms with Crippen LogP contribution in [0, 0.1) is 3.57 Å². The topological polar surface area (TPSA) is 47.6 Å². The quantitative estimate of drug-likeness (QED) is 0.727. The third-order valence-electron chi connectivity index (χ3n) is 3.06. The van der Waals surface area contributed by atoms with Crippen molar-refractivity contribution in [1.82, 2.24) is 5.32 Å². The van der Waals surface area contributed by atoms with E-state index in [4.69, 9.17) is 9.47 Å². The van der Waals surface area contributed by atoms with E-state index >= 15 is 0 Å². The van der Waals surface area contributed by atoms with Crippen molar-refractivity contribution in [2.24, 2.45) is 0 Å². The van der Waals surface area contributed by atoms with Gasteiger partial charge in [-0.15, -0.1) is 0 Å². The van der Waals surface area contributed by atoms with Gasteiger partial charge in [-0.1, -0.05) is 36.4 Å². The smallest absolute Gasteiger partial charge is 0.406 e. The highest BCUT2D eigenvalue weighted by atomic mass is 127. The minimum atomic E-state index is -0.430. The first-order valence-corrected chi connectivity index (χ1v) is 8.08. The Morgan fingerprint density at radius 1 is 1.18 bits per heavy atom. The molecule has 2 aromatic rings. The molecule has 1 unspecified atom stereocenters. The molecule has 5 heteroatoms. The van der Waals surface area contributed by atoms with Gasteiger partial charge in [0.15, 0.2) is 0 Å². The Morgan fingerprint density at radius 2 is 1.95 bits per heavy atom. The highest BCUT2D eigenvalue weighted by molar-refractivity contribution is 14.1. The molecule has 22 heavy (non-hydrogen) atoms. The van der Waals surface area contributed by atoms with E-state index in [-0.39, 0.29) is 6.10 Å². The predicted octanol–water partition coefficient (Wildman–Crippen LogP) is 4.16. The van der Waals surface area contributed by atoms with Gasteiger partial charge >= 0.3 is 6.09 Å². The van der Waals surface area contributed by atoms with Gasteiger partial charge in [0.1, 0.15) is 11.9 Å². The molecule has 0 aliphatic rings. The molecular formula is C17H18INO3. The lowest BCUT2D eigenvalue weighted by atomic mass is 10.1. The second-order valence-corrected chi connectivity index (χ2v) is 5.89. The van der Waals surface area contributed by atoms with Gasteiger partial charge < -0.3 is 14.8 Å². The Morgan fingerprint density at radius 3 is 2.64 bits per heavy atom. The number of carbonyl (C=O) groups is 1. The normalized spacial score (nSPS) is 11.5. The van der Waals surface area contributed by atoms with Gasteiger partial charge in [0.2, 0.25) is 0 Å². The predicted molar refractivity (Wildman–Crippen MR) is 94.0 cm³/mol. The van der Waals surface area contributed by atoms with Crippen LogP contribution in [0.2, 0.25) is 0 Å². The van der Waals surface area contributed by atoms with E-state index in [2.05, 4.69) is 27.9 Å². The van der Waals surface area contributed by atoms with Crippen LogP contribution in [0.15, 0.2) is 54.6 Å². The minimum Gasteiger partial charge on any atom is -0.486 e. The van der Waals surface area contributed by atoms with E-state index in [0.717, 1.165) is 14.9 Å². The highest BCUT2D eigenvalue weighted by Crippen LogP contribution is 2.26. The molecule has 0 heterocycles. The summed E-state index contributed by atoms with van der Waals surface area (Å²) >= 11 is 2.25. The van der Waals surface area contributed by atoms with Crippen LogP contribution in [-0.4, -0.2) is 19.7 Å². The molecule has 0 fully saturated rings. The maximum atomic E-state index is 11.2. The molecule has 1 N–H and O–H groups in total. The molecule has 0 aliphatic carbocycles. The molecule has 0 saturated carbocycles. The summed E-state index contributed by atoms with van der Waals surface area (Å²) in [6.07, 6.45) is -0.00626. The molecule has 0 spiro atoms. The van der Waals surface area contributed by atoms with E-state index in [9.17, 15) is 4.79 Å². The second-order valence-electron chi connectivity index (χ2n) is 4.65. The van der Waals surface area contributed by atoms with Gasteiger partial charge in [0.05, 0.1) is 6.61 Å². The summed E-state index contributed by atoms with van der Waals surface area (Å²) in [6.45, 7) is 0.295. The average molecular weight is 411 g/mol. The summed E-state index contributed by atoms with van der Waals surface area (Å²) in [5.41, 5.74) is 1.06. The molecule has 0 radical (unpaired) electrons. The number of nitrogens with one attached hydrogen (secondary N) is 1. The lowest BCUT2D eigenvalue weighted by Gasteiger charge is -2.20. The zero-order valence-electron chi connectivity index (χ0n) is 12.3. The summed E-state index contributed by atoms with van der Waals surface area (Å²) in [4.78, 5) is 11.2. The number of rotatable bonds is 6. The van der Waals surface area contributed by atoms with Crippen LogP contribution in [-0.2, 0) is 4.74 Å². The molecule has 1 amide bonds. The van der Waals surface area contributed by atoms with E-state index in [1.54, 1.807) is 7.05 Å². The molecule has 1 atom stereocenters. The fourth-order valence-corrected chi connectivity index (χ4v) is 2.51. The van der Waals surface area contributed by atoms with Gasteiger partial charge in [-0.25, -0.2) is 4.79 Å². The van der Waals surface area contributed by atoms with Gasteiger partial charge in [-0.3, -0.25) is 0 Å². The lowest BCUT2D eigenvalue weighted by Crippen LogP contribution is -2.21. The number of ether oxygens (including phenoxy) is 2. The summed E-state index contributed by atoms with van der Waals surface area (Å²) in [6, 6.07) is 17.8. The van der Waals surface area contributed by atoms with E-state index in [1.165, 1.54) is 0 Å². The maximum absolute atomic E-state index is 11.2. The van der Waals surface area contributed by atoms with E-state index < -0.39 is 6.09 Å². The van der Waals surface area contributed by atoms with Crippen LogP contribution in [0.3, 0.4) is 0 Å². The SMILES string of the molecule is CNC(=O)OCCC(Oc1cccc(I)c1)c1ccccc1. The largest absolute Gasteiger partial charge is 0.486 e. The standard InChI is InChI=1S/C17H18INO3/c1-19-17(20)21-11-10-16(13-6-3-2-4-7-13)22-15-9-5-8-14(18)12-15/h2-9,12,16H,10-11H2,1H3,(H,19,20). The average Bonchev–Trinajstić information content (AvgIpc) is 2.54. The Hall–Kier alpha value is -1.76. The molecular weight excluding hydrogens is 393 g/mol. The fraction of sp³-hybridized carbons (Fsp3) is 0.235. The van der Waals surface area contributed by atoms with Gasteiger partial charge in [-0.2, -0.15) is 0 Å². The number of hydrogen-bond donors (Lipinski definition) is 1. The zero-order valence-corrected chi connectivity index (χ0v) is 14.4. The van der Waals surface area contributed by atoms with E-state index in [1.807, 2.05) is 54.6 Å². The molecule has 4 nitrogen and oxygen atoms in total. The molecule has 0 aromatic heterocycles. The second kappa shape index (κ2) is 8.63. The number of benzene rings is 2. The summed E-state index contributed by atoms with van der Waals surface area (Å²) in [7, 11) is 1.54. The summed E-state index contributed by atoms with van der Waals surface area (Å²) < 4.78 is 12.3. The Bertz CT molecular complexity index is 604. The summed E-state index contributed by atoms with van der Waals surface area (Å²) in [5, 5.41) is 2.43. The number of halogens is 1. The van der Waals surface area contributed by atoms with Crippen LogP contribution < -0.4 is 10.1 Å². The molecule has 0 aliphatic heterocycles. The lowest BCUT2D eigenvalue weighted by molar-refractivity contribution is 0.117. The van der Waals surface area contributed by atoms with Gasteiger partial charge in [0, 0.05) is 17.0 Å². The minimum absolute atomic E-state index is 0.163.